The minimum atomic E-state index is -0.356. The second-order valence-corrected chi connectivity index (χ2v) is 7.01. The lowest BCUT2D eigenvalue weighted by atomic mass is 9.97. The van der Waals surface area contributed by atoms with Gasteiger partial charge in [0.15, 0.2) is 0 Å². The molecule has 1 aromatic carbocycles. The highest BCUT2D eigenvalue weighted by atomic mass is 16.2. The molecule has 2 heterocycles. The summed E-state index contributed by atoms with van der Waals surface area (Å²) in [6, 6.07) is 9.92. The number of nitrogens with zero attached hydrogens (tertiary/aromatic N) is 3. The highest BCUT2D eigenvalue weighted by Crippen LogP contribution is 2.23. The molecular weight excluding hydrogens is 302 g/mol. The summed E-state index contributed by atoms with van der Waals surface area (Å²) in [7, 11) is 0. The van der Waals surface area contributed by atoms with Gasteiger partial charge in [-0.2, -0.15) is 0 Å². The van der Waals surface area contributed by atoms with Crippen molar-refractivity contribution in [1.82, 2.24) is 14.8 Å². The zero-order valence-corrected chi connectivity index (χ0v) is 14.5. The zero-order valence-electron chi connectivity index (χ0n) is 14.5. The molecule has 1 aromatic heterocycles. The Labute approximate surface area is 142 Å². The summed E-state index contributed by atoms with van der Waals surface area (Å²) in [6.07, 6.45) is 2.11. The number of benzene rings is 1. The standard InChI is InChI=1S/C19H23N3O2/c1-14(23)21-8-9-22(19(2,3)13-21)18(24)11-15-10-16-6-4-5-7-17(16)20-12-15/h4-7,10,12H,8-9,11,13H2,1-3H3. The fraction of sp³-hybridized carbons (Fsp3) is 0.421. The number of pyridine rings is 1. The summed E-state index contributed by atoms with van der Waals surface area (Å²) in [5.41, 5.74) is 1.50. The molecule has 1 fully saturated rings. The third kappa shape index (κ3) is 3.25. The van der Waals surface area contributed by atoms with Crippen molar-refractivity contribution in [3.05, 3.63) is 42.1 Å². The molecule has 1 saturated heterocycles. The van der Waals surface area contributed by atoms with Crippen LogP contribution >= 0.6 is 0 Å². The fourth-order valence-corrected chi connectivity index (χ4v) is 3.37. The third-order valence-corrected chi connectivity index (χ3v) is 4.65. The van der Waals surface area contributed by atoms with Gasteiger partial charge in [-0.15, -0.1) is 0 Å². The molecule has 0 N–H and O–H groups in total. The van der Waals surface area contributed by atoms with Crippen molar-refractivity contribution >= 4 is 22.7 Å². The Kier molecular flexibility index (Phi) is 4.26. The maximum Gasteiger partial charge on any atom is 0.227 e. The van der Waals surface area contributed by atoms with Crippen molar-refractivity contribution in [2.45, 2.75) is 32.7 Å². The number of fused-ring (bicyclic) bond motifs is 1. The van der Waals surface area contributed by atoms with E-state index in [9.17, 15) is 9.59 Å². The number of amides is 2. The number of hydrogen-bond acceptors (Lipinski definition) is 3. The van der Waals surface area contributed by atoms with Crippen LogP contribution in [0.2, 0.25) is 0 Å². The first kappa shape index (κ1) is 16.4. The first-order valence-electron chi connectivity index (χ1n) is 8.26. The summed E-state index contributed by atoms with van der Waals surface area (Å²) >= 11 is 0. The summed E-state index contributed by atoms with van der Waals surface area (Å²) < 4.78 is 0. The number of carbonyl (C=O) groups is 2. The van der Waals surface area contributed by atoms with E-state index in [1.165, 1.54) is 0 Å². The molecule has 24 heavy (non-hydrogen) atoms. The van der Waals surface area contributed by atoms with Crippen LogP contribution < -0.4 is 0 Å². The fourth-order valence-electron chi connectivity index (χ4n) is 3.37. The van der Waals surface area contributed by atoms with Crippen molar-refractivity contribution in [2.24, 2.45) is 0 Å². The van der Waals surface area contributed by atoms with Crippen LogP contribution in [0.15, 0.2) is 36.5 Å². The maximum atomic E-state index is 12.8. The van der Waals surface area contributed by atoms with E-state index >= 15 is 0 Å². The molecule has 5 heteroatoms. The normalized spacial score (nSPS) is 17.1. The number of hydrogen-bond donors (Lipinski definition) is 0. The van der Waals surface area contributed by atoms with Gasteiger partial charge in [0.1, 0.15) is 0 Å². The van der Waals surface area contributed by atoms with E-state index in [1.807, 2.05) is 49.1 Å². The van der Waals surface area contributed by atoms with E-state index in [-0.39, 0.29) is 17.4 Å². The topological polar surface area (TPSA) is 53.5 Å². The minimum absolute atomic E-state index is 0.0638. The number of aromatic nitrogens is 1. The largest absolute Gasteiger partial charge is 0.339 e. The Morgan fingerprint density at radius 3 is 2.67 bits per heavy atom. The molecular formula is C19H23N3O2. The number of carbonyl (C=O) groups excluding carboxylic acids is 2. The lowest BCUT2D eigenvalue weighted by Crippen LogP contribution is -2.62. The second kappa shape index (κ2) is 6.23. The first-order chi connectivity index (χ1) is 11.4. The van der Waals surface area contributed by atoms with Crippen LogP contribution in [0.25, 0.3) is 10.9 Å². The molecule has 0 atom stereocenters. The van der Waals surface area contributed by atoms with E-state index in [1.54, 1.807) is 18.0 Å². The van der Waals surface area contributed by atoms with E-state index in [0.717, 1.165) is 16.5 Å². The van der Waals surface area contributed by atoms with Crippen LogP contribution in [-0.4, -0.2) is 51.8 Å². The highest BCUT2D eigenvalue weighted by molar-refractivity contribution is 5.83. The number of piperazine rings is 1. The lowest BCUT2D eigenvalue weighted by Gasteiger charge is -2.47. The highest BCUT2D eigenvalue weighted by Gasteiger charge is 2.37. The molecule has 0 saturated carbocycles. The average molecular weight is 325 g/mol. The third-order valence-electron chi connectivity index (χ3n) is 4.65. The minimum Gasteiger partial charge on any atom is -0.339 e. The predicted molar refractivity (Wildman–Crippen MR) is 93.5 cm³/mol. The molecule has 126 valence electrons. The first-order valence-corrected chi connectivity index (χ1v) is 8.26. The second-order valence-electron chi connectivity index (χ2n) is 7.01. The van der Waals surface area contributed by atoms with Crippen LogP contribution in [0.5, 0.6) is 0 Å². The summed E-state index contributed by atoms with van der Waals surface area (Å²) in [6.45, 7) is 7.35. The van der Waals surface area contributed by atoms with Gasteiger partial charge in [-0.25, -0.2) is 0 Å². The van der Waals surface area contributed by atoms with Gasteiger partial charge in [0, 0.05) is 38.1 Å². The van der Waals surface area contributed by atoms with Gasteiger partial charge in [0.25, 0.3) is 0 Å². The molecule has 0 radical (unpaired) electrons. The van der Waals surface area contributed by atoms with Gasteiger partial charge in [-0.3, -0.25) is 14.6 Å². The maximum absolute atomic E-state index is 12.8. The SMILES string of the molecule is CC(=O)N1CCN(C(=O)Cc2cnc3ccccc3c2)C(C)(C)C1. The van der Waals surface area contributed by atoms with Crippen LogP contribution in [0, 0.1) is 0 Å². The van der Waals surface area contributed by atoms with E-state index in [0.29, 0.717) is 26.1 Å². The van der Waals surface area contributed by atoms with Crippen molar-refractivity contribution in [3.63, 3.8) is 0 Å². The Morgan fingerprint density at radius 1 is 1.21 bits per heavy atom. The van der Waals surface area contributed by atoms with Crippen LogP contribution in [0.4, 0.5) is 0 Å². The molecule has 0 bridgehead atoms. The Bertz CT molecular complexity index is 785. The van der Waals surface area contributed by atoms with Crippen LogP contribution in [0.1, 0.15) is 26.3 Å². The van der Waals surface area contributed by atoms with Gasteiger partial charge in [0.05, 0.1) is 17.5 Å². The van der Waals surface area contributed by atoms with Gasteiger partial charge in [0.2, 0.25) is 11.8 Å². The monoisotopic (exact) mass is 325 g/mol. The Morgan fingerprint density at radius 2 is 1.96 bits per heavy atom. The predicted octanol–water partition coefficient (Wildman–Crippen LogP) is 2.25. The number of rotatable bonds is 2. The van der Waals surface area contributed by atoms with Crippen molar-refractivity contribution in [3.8, 4) is 0 Å². The van der Waals surface area contributed by atoms with E-state index in [2.05, 4.69) is 4.98 Å². The van der Waals surface area contributed by atoms with Gasteiger partial charge in [-0.05, 0) is 31.5 Å². The quantitative estimate of drug-likeness (QED) is 0.851. The molecule has 2 amide bonds. The molecule has 1 aliphatic rings. The van der Waals surface area contributed by atoms with E-state index in [4.69, 9.17) is 0 Å². The van der Waals surface area contributed by atoms with Gasteiger partial charge < -0.3 is 9.80 Å². The zero-order chi connectivity index (χ0) is 17.3. The molecule has 3 rings (SSSR count). The summed E-state index contributed by atoms with van der Waals surface area (Å²) in [5.74, 6) is 0.147. The van der Waals surface area contributed by atoms with Crippen molar-refractivity contribution in [2.75, 3.05) is 19.6 Å². The molecule has 5 nitrogen and oxygen atoms in total. The Balaban J connectivity index is 1.75. The van der Waals surface area contributed by atoms with E-state index < -0.39 is 0 Å². The van der Waals surface area contributed by atoms with Crippen LogP contribution in [0.3, 0.4) is 0 Å². The van der Waals surface area contributed by atoms with Crippen molar-refractivity contribution in [1.29, 1.82) is 0 Å². The van der Waals surface area contributed by atoms with Crippen molar-refractivity contribution < 1.29 is 9.59 Å². The molecule has 0 spiro atoms. The number of para-hydroxylation sites is 1. The van der Waals surface area contributed by atoms with Gasteiger partial charge >= 0.3 is 0 Å². The summed E-state index contributed by atoms with van der Waals surface area (Å²) in [4.78, 5) is 32.5. The molecule has 2 aromatic rings. The Hall–Kier alpha value is -2.43. The van der Waals surface area contributed by atoms with Gasteiger partial charge in [-0.1, -0.05) is 18.2 Å². The summed E-state index contributed by atoms with van der Waals surface area (Å²) in [5, 5.41) is 1.04. The average Bonchev–Trinajstić information content (AvgIpc) is 2.53. The molecule has 1 aliphatic heterocycles. The molecule has 0 unspecified atom stereocenters. The molecule has 0 aliphatic carbocycles. The lowest BCUT2D eigenvalue weighted by molar-refractivity contribution is -0.146. The van der Waals surface area contributed by atoms with Crippen LogP contribution in [-0.2, 0) is 16.0 Å². The smallest absolute Gasteiger partial charge is 0.227 e.